The molecule has 2 aromatic heterocycles. The van der Waals surface area contributed by atoms with Crippen molar-refractivity contribution in [1.29, 1.82) is 0 Å². The van der Waals surface area contributed by atoms with E-state index in [0.717, 1.165) is 22.5 Å². The summed E-state index contributed by atoms with van der Waals surface area (Å²) in [6.45, 7) is 5.34. The van der Waals surface area contributed by atoms with E-state index in [1.165, 1.54) is 11.4 Å². The van der Waals surface area contributed by atoms with Crippen molar-refractivity contribution in [2.75, 3.05) is 10.0 Å². The quantitative estimate of drug-likeness (QED) is 0.632. The summed E-state index contributed by atoms with van der Waals surface area (Å²) in [6, 6.07) is 6.98. The van der Waals surface area contributed by atoms with Crippen LogP contribution in [0.1, 0.15) is 26.5 Å². The van der Waals surface area contributed by atoms with Gasteiger partial charge in [-0.25, -0.2) is 13.1 Å². The molecule has 0 atom stereocenters. The molecule has 0 radical (unpaired) electrons. The summed E-state index contributed by atoms with van der Waals surface area (Å²) in [6.07, 6.45) is 0. The first kappa shape index (κ1) is 19.4. The van der Waals surface area contributed by atoms with E-state index in [1.54, 1.807) is 6.92 Å². The first-order valence-corrected chi connectivity index (χ1v) is 10.5. The molecule has 7 nitrogen and oxygen atoms in total. The highest BCUT2D eigenvalue weighted by atomic mass is 35.5. The van der Waals surface area contributed by atoms with E-state index in [4.69, 9.17) is 16.1 Å². The van der Waals surface area contributed by atoms with E-state index in [1.807, 2.05) is 32.0 Å². The monoisotopic (exact) mass is 425 g/mol. The van der Waals surface area contributed by atoms with Gasteiger partial charge in [0.15, 0.2) is 0 Å². The lowest BCUT2D eigenvalue weighted by Gasteiger charge is -2.10. The van der Waals surface area contributed by atoms with Gasteiger partial charge in [0, 0.05) is 5.69 Å². The van der Waals surface area contributed by atoms with E-state index in [-0.39, 0.29) is 20.7 Å². The third-order valence-electron chi connectivity index (χ3n) is 3.78. The lowest BCUT2D eigenvalue weighted by atomic mass is 10.1. The van der Waals surface area contributed by atoms with Gasteiger partial charge in [-0.2, -0.15) is 0 Å². The zero-order valence-electron chi connectivity index (χ0n) is 14.7. The highest BCUT2D eigenvalue weighted by Crippen LogP contribution is 2.30. The number of amides is 1. The number of carbonyl (C=O) groups excluding carboxylic acids is 1. The number of thiophene rings is 1. The van der Waals surface area contributed by atoms with E-state index >= 15 is 0 Å². The third-order valence-corrected chi connectivity index (χ3v) is 6.64. The van der Waals surface area contributed by atoms with Gasteiger partial charge in [0.1, 0.15) is 20.5 Å². The molecule has 0 bridgehead atoms. The van der Waals surface area contributed by atoms with Crippen molar-refractivity contribution >= 4 is 50.4 Å². The van der Waals surface area contributed by atoms with Gasteiger partial charge in [0.25, 0.3) is 21.8 Å². The Labute approximate surface area is 165 Å². The Balaban J connectivity index is 1.89. The maximum Gasteiger partial charge on any atom is 0.267 e. The molecule has 10 heteroatoms. The lowest BCUT2D eigenvalue weighted by molar-refractivity contribution is 0.102. The number of hydrogen-bond donors (Lipinski definition) is 2. The number of carbonyl (C=O) groups is 1. The number of hydrogen-bond acceptors (Lipinski definition) is 6. The van der Waals surface area contributed by atoms with Gasteiger partial charge in [0.2, 0.25) is 0 Å². The number of nitrogens with one attached hydrogen (secondary N) is 2. The van der Waals surface area contributed by atoms with Crippen LogP contribution in [-0.4, -0.2) is 19.5 Å². The van der Waals surface area contributed by atoms with Crippen molar-refractivity contribution in [3.8, 4) is 0 Å². The Morgan fingerprint density at radius 3 is 2.63 bits per heavy atom. The van der Waals surface area contributed by atoms with E-state index in [2.05, 4.69) is 15.2 Å². The Hall–Kier alpha value is -2.36. The predicted octanol–water partition coefficient (Wildman–Crippen LogP) is 4.37. The minimum atomic E-state index is -4.08. The van der Waals surface area contributed by atoms with Crippen LogP contribution in [0.15, 0.2) is 39.1 Å². The van der Waals surface area contributed by atoms with Crippen LogP contribution in [0.5, 0.6) is 0 Å². The number of benzene rings is 1. The van der Waals surface area contributed by atoms with Crippen molar-refractivity contribution in [2.45, 2.75) is 25.7 Å². The van der Waals surface area contributed by atoms with E-state index in [9.17, 15) is 13.2 Å². The predicted molar refractivity (Wildman–Crippen MR) is 105 cm³/mol. The number of anilines is 2. The summed E-state index contributed by atoms with van der Waals surface area (Å²) in [7, 11) is -4.08. The molecule has 1 amide bonds. The van der Waals surface area contributed by atoms with Gasteiger partial charge in [-0.05, 0) is 49.4 Å². The summed E-state index contributed by atoms with van der Waals surface area (Å²) >= 11 is 6.98. The molecule has 1 aromatic carbocycles. The summed E-state index contributed by atoms with van der Waals surface area (Å²) in [5, 5.41) is 7.96. The van der Waals surface area contributed by atoms with Crippen LogP contribution in [-0.2, 0) is 10.0 Å². The maximum atomic E-state index is 12.7. The third kappa shape index (κ3) is 4.00. The fourth-order valence-electron chi connectivity index (χ4n) is 2.32. The normalized spacial score (nSPS) is 11.4. The van der Waals surface area contributed by atoms with Crippen molar-refractivity contribution < 1.29 is 17.7 Å². The van der Waals surface area contributed by atoms with E-state index < -0.39 is 15.9 Å². The van der Waals surface area contributed by atoms with Crippen LogP contribution < -0.4 is 10.0 Å². The van der Waals surface area contributed by atoms with Crippen LogP contribution in [0.2, 0.25) is 5.02 Å². The molecule has 3 rings (SSSR count). The topological polar surface area (TPSA) is 101 Å². The van der Waals surface area contributed by atoms with Gasteiger partial charge in [-0.3, -0.25) is 4.79 Å². The minimum Gasteiger partial charge on any atom is -0.336 e. The molecule has 0 aliphatic carbocycles. The average molecular weight is 426 g/mol. The van der Waals surface area contributed by atoms with Gasteiger partial charge < -0.3 is 9.84 Å². The molecule has 27 heavy (non-hydrogen) atoms. The largest absolute Gasteiger partial charge is 0.336 e. The first-order valence-electron chi connectivity index (χ1n) is 7.79. The second-order valence-electron chi connectivity index (χ2n) is 5.90. The molecular formula is C17H16ClN3O4S2. The fraction of sp³-hybridized carbons (Fsp3) is 0.176. The summed E-state index contributed by atoms with van der Waals surface area (Å²) in [4.78, 5) is 12.6. The second kappa shape index (κ2) is 7.34. The standard InChI is InChI=1S/C17H16ClN3O4S2/c1-9-4-5-10(2)12(8-9)19-16(22)15-13(6-7-26-15)27(23,24)21-17-14(18)11(3)20-25-17/h4-8,21H,1-3H3,(H,19,22). The van der Waals surface area contributed by atoms with Gasteiger partial charge in [-0.1, -0.05) is 28.9 Å². The second-order valence-corrected chi connectivity index (χ2v) is 8.85. The molecular weight excluding hydrogens is 410 g/mol. The molecule has 2 N–H and O–H groups in total. The average Bonchev–Trinajstić information content (AvgIpc) is 3.21. The molecule has 142 valence electrons. The molecule has 0 saturated heterocycles. The maximum absolute atomic E-state index is 12.7. The molecule has 2 heterocycles. The molecule has 0 unspecified atom stereocenters. The Bertz CT molecular complexity index is 1120. The Kier molecular flexibility index (Phi) is 5.27. The molecule has 0 saturated carbocycles. The molecule has 0 aliphatic heterocycles. The summed E-state index contributed by atoms with van der Waals surface area (Å²) < 4.78 is 32.5. The van der Waals surface area contributed by atoms with Gasteiger partial charge in [-0.15, -0.1) is 11.3 Å². The molecule has 0 spiro atoms. The number of sulfonamides is 1. The number of aromatic nitrogens is 1. The van der Waals surface area contributed by atoms with Crippen LogP contribution in [0.25, 0.3) is 0 Å². The van der Waals surface area contributed by atoms with Crippen LogP contribution >= 0.6 is 22.9 Å². The Morgan fingerprint density at radius 1 is 1.22 bits per heavy atom. The van der Waals surface area contributed by atoms with Gasteiger partial charge >= 0.3 is 0 Å². The highest BCUT2D eigenvalue weighted by molar-refractivity contribution is 7.93. The van der Waals surface area contributed by atoms with E-state index in [0.29, 0.717) is 11.4 Å². The smallest absolute Gasteiger partial charge is 0.267 e. The van der Waals surface area contributed by atoms with Crippen molar-refractivity contribution in [3.05, 3.63) is 56.4 Å². The number of aryl methyl sites for hydroxylation is 3. The SMILES string of the molecule is Cc1ccc(C)c(NC(=O)c2sccc2S(=O)(=O)Nc2onc(C)c2Cl)c1. The molecule has 0 aliphatic rings. The lowest BCUT2D eigenvalue weighted by Crippen LogP contribution is -2.18. The zero-order valence-corrected chi connectivity index (χ0v) is 17.1. The number of rotatable bonds is 5. The van der Waals surface area contributed by atoms with Crippen molar-refractivity contribution in [3.63, 3.8) is 0 Å². The zero-order chi connectivity index (χ0) is 19.8. The summed E-state index contributed by atoms with van der Waals surface area (Å²) in [5.74, 6) is -0.708. The van der Waals surface area contributed by atoms with Crippen molar-refractivity contribution in [2.24, 2.45) is 0 Å². The number of halogens is 1. The van der Waals surface area contributed by atoms with Crippen LogP contribution in [0.3, 0.4) is 0 Å². The van der Waals surface area contributed by atoms with Crippen LogP contribution in [0.4, 0.5) is 11.6 Å². The summed E-state index contributed by atoms with van der Waals surface area (Å²) in [5.41, 5.74) is 2.83. The van der Waals surface area contributed by atoms with Crippen LogP contribution in [0, 0.1) is 20.8 Å². The number of nitrogens with zero attached hydrogens (tertiary/aromatic N) is 1. The minimum absolute atomic E-state index is 0.0516. The molecule has 0 fully saturated rings. The fourth-order valence-corrected chi connectivity index (χ4v) is 4.81. The Morgan fingerprint density at radius 2 is 1.96 bits per heavy atom. The van der Waals surface area contributed by atoms with Crippen molar-refractivity contribution in [1.82, 2.24) is 5.16 Å². The highest BCUT2D eigenvalue weighted by Gasteiger charge is 2.27. The first-order chi connectivity index (χ1) is 12.7. The molecule has 3 aromatic rings. The van der Waals surface area contributed by atoms with Gasteiger partial charge in [0.05, 0.1) is 0 Å².